The highest BCUT2D eigenvalue weighted by molar-refractivity contribution is 6.30. The topological polar surface area (TPSA) is 81.0 Å². The zero-order valence-corrected chi connectivity index (χ0v) is 17.2. The molecule has 3 N–H and O–H groups in total. The first-order valence-corrected chi connectivity index (χ1v) is 10.1. The van der Waals surface area contributed by atoms with E-state index in [1.807, 2.05) is 36.4 Å². The molecule has 0 spiro atoms. The van der Waals surface area contributed by atoms with Gasteiger partial charge in [-0.05, 0) is 59.4 Å². The van der Waals surface area contributed by atoms with Gasteiger partial charge in [-0.25, -0.2) is 4.79 Å². The summed E-state index contributed by atoms with van der Waals surface area (Å²) in [7, 11) is 0. The molecule has 0 aromatic heterocycles. The van der Waals surface area contributed by atoms with E-state index in [0.717, 1.165) is 23.1 Å². The molecule has 0 aliphatic carbocycles. The van der Waals surface area contributed by atoms with Crippen LogP contribution in [0.15, 0.2) is 72.8 Å². The van der Waals surface area contributed by atoms with E-state index in [9.17, 15) is 20.1 Å². The van der Waals surface area contributed by atoms with Gasteiger partial charge in [0.15, 0.2) is 0 Å². The fourth-order valence-corrected chi connectivity index (χ4v) is 3.43. The van der Waals surface area contributed by atoms with E-state index in [2.05, 4.69) is 0 Å². The number of benzene rings is 3. The Morgan fingerprint density at radius 2 is 1.53 bits per heavy atom. The number of phenols is 1. The number of carboxylic acid groups (broad SMARTS) is 1. The number of nitrogens with zero attached hydrogens (tertiary/aromatic N) is 1. The quantitative estimate of drug-likeness (QED) is 0.479. The molecule has 6 heteroatoms. The molecule has 1 amide bonds. The van der Waals surface area contributed by atoms with Gasteiger partial charge < -0.3 is 20.2 Å². The second-order valence-corrected chi connectivity index (χ2v) is 7.65. The predicted molar refractivity (Wildman–Crippen MR) is 117 cm³/mol. The molecule has 1 atom stereocenters. The van der Waals surface area contributed by atoms with E-state index >= 15 is 0 Å². The number of halogens is 1. The lowest BCUT2D eigenvalue weighted by atomic mass is 10.0. The van der Waals surface area contributed by atoms with Crippen LogP contribution in [0.2, 0.25) is 5.02 Å². The molecule has 0 radical (unpaired) electrons. The van der Waals surface area contributed by atoms with E-state index in [0.29, 0.717) is 17.0 Å². The van der Waals surface area contributed by atoms with Gasteiger partial charge in [0.25, 0.3) is 0 Å². The van der Waals surface area contributed by atoms with Crippen LogP contribution in [-0.4, -0.2) is 39.4 Å². The van der Waals surface area contributed by atoms with E-state index in [1.54, 1.807) is 36.4 Å². The van der Waals surface area contributed by atoms with Crippen LogP contribution in [-0.2, 0) is 12.8 Å². The first kappa shape index (κ1) is 21.7. The molecule has 0 fully saturated rings. The van der Waals surface area contributed by atoms with Gasteiger partial charge in [-0.2, -0.15) is 0 Å². The maximum atomic E-state index is 11.6. The van der Waals surface area contributed by atoms with E-state index in [-0.39, 0.29) is 18.8 Å². The van der Waals surface area contributed by atoms with Crippen molar-refractivity contribution < 1.29 is 20.1 Å². The van der Waals surface area contributed by atoms with Gasteiger partial charge in [-0.3, -0.25) is 0 Å². The lowest BCUT2D eigenvalue weighted by Gasteiger charge is -2.23. The minimum Gasteiger partial charge on any atom is -0.508 e. The Bertz CT molecular complexity index is 973. The average molecular weight is 426 g/mol. The third-order valence-electron chi connectivity index (χ3n) is 4.94. The Morgan fingerprint density at radius 1 is 0.933 bits per heavy atom. The van der Waals surface area contributed by atoms with Crippen LogP contribution in [0.3, 0.4) is 0 Å². The lowest BCUT2D eigenvalue weighted by Crippen LogP contribution is -2.35. The summed E-state index contributed by atoms with van der Waals surface area (Å²) in [6.45, 7) is 0.263. The van der Waals surface area contributed by atoms with Crippen LogP contribution >= 0.6 is 11.6 Å². The monoisotopic (exact) mass is 425 g/mol. The van der Waals surface area contributed by atoms with Gasteiger partial charge in [0.1, 0.15) is 5.75 Å². The van der Waals surface area contributed by atoms with Crippen molar-refractivity contribution in [2.75, 3.05) is 13.1 Å². The second-order valence-electron chi connectivity index (χ2n) is 7.21. The van der Waals surface area contributed by atoms with Crippen molar-refractivity contribution in [2.24, 2.45) is 0 Å². The summed E-state index contributed by atoms with van der Waals surface area (Å²) in [6.07, 6.45) is -0.700. The highest BCUT2D eigenvalue weighted by Crippen LogP contribution is 2.19. The molecule has 0 saturated carbocycles. The molecule has 0 heterocycles. The molecule has 0 aliphatic heterocycles. The summed E-state index contributed by atoms with van der Waals surface area (Å²) in [5.41, 5.74) is 3.85. The molecule has 30 heavy (non-hydrogen) atoms. The number of carbonyl (C=O) groups is 1. The van der Waals surface area contributed by atoms with E-state index in [1.165, 1.54) is 4.90 Å². The number of amides is 1. The van der Waals surface area contributed by atoms with Crippen molar-refractivity contribution in [3.63, 3.8) is 0 Å². The van der Waals surface area contributed by atoms with Gasteiger partial charge >= 0.3 is 6.09 Å². The zero-order valence-electron chi connectivity index (χ0n) is 16.4. The molecule has 3 aromatic carbocycles. The zero-order chi connectivity index (χ0) is 21.5. The molecule has 0 bridgehead atoms. The van der Waals surface area contributed by atoms with Crippen molar-refractivity contribution in [1.82, 2.24) is 4.90 Å². The standard InChI is InChI=1S/C24H24ClNO4/c25-21-3-1-2-20(15-21)23(28)16-26(24(29)30)13-12-17-4-6-18(7-5-17)14-19-8-10-22(27)11-9-19/h1-11,15,23,27-28H,12-14,16H2,(H,29,30). The Balaban J connectivity index is 1.56. The van der Waals surface area contributed by atoms with Gasteiger partial charge in [-0.1, -0.05) is 60.1 Å². The normalized spacial score (nSPS) is 11.8. The SMILES string of the molecule is O=C(O)N(CCc1ccc(Cc2ccc(O)cc2)cc1)CC(O)c1cccc(Cl)c1. The molecule has 1 unspecified atom stereocenters. The summed E-state index contributed by atoms with van der Waals surface area (Å²) in [6, 6.07) is 21.9. The predicted octanol–water partition coefficient (Wildman–Crippen LogP) is 4.89. The summed E-state index contributed by atoms with van der Waals surface area (Å²) in [5, 5.41) is 29.7. The third-order valence-corrected chi connectivity index (χ3v) is 5.17. The first-order valence-electron chi connectivity index (χ1n) is 9.68. The Labute approximate surface area is 180 Å². The number of phenolic OH excluding ortho intramolecular Hbond substituents is 1. The lowest BCUT2D eigenvalue weighted by molar-refractivity contribution is 0.0973. The van der Waals surface area contributed by atoms with Crippen LogP contribution < -0.4 is 0 Å². The molecule has 3 aromatic rings. The molecule has 3 rings (SSSR count). The number of hydrogen-bond acceptors (Lipinski definition) is 3. The largest absolute Gasteiger partial charge is 0.508 e. The molecule has 0 aliphatic rings. The van der Waals surface area contributed by atoms with Crippen molar-refractivity contribution in [3.05, 3.63) is 100 Å². The molecule has 0 saturated heterocycles. The van der Waals surface area contributed by atoms with Crippen LogP contribution in [0.25, 0.3) is 0 Å². The fraction of sp³-hybridized carbons (Fsp3) is 0.208. The van der Waals surface area contributed by atoms with Gasteiger partial charge in [0.05, 0.1) is 12.6 Å². The van der Waals surface area contributed by atoms with Gasteiger partial charge in [-0.15, -0.1) is 0 Å². The average Bonchev–Trinajstić information content (AvgIpc) is 2.73. The second kappa shape index (κ2) is 10.1. The van der Waals surface area contributed by atoms with Crippen molar-refractivity contribution in [2.45, 2.75) is 18.9 Å². The number of rotatable bonds is 8. The van der Waals surface area contributed by atoms with Crippen molar-refractivity contribution >= 4 is 17.7 Å². The molecule has 5 nitrogen and oxygen atoms in total. The summed E-state index contributed by atoms with van der Waals surface area (Å²) in [4.78, 5) is 12.8. The summed E-state index contributed by atoms with van der Waals surface area (Å²) >= 11 is 5.95. The fourth-order valence-electron chi connectivity index (χ4n) is 3.23. The molecule has 156 valence electrons. The Hall–Kier alpha value is -3.02. The minimum absolute atomic E-state index is 0.0192. The first-order chi connectivity index (χ1) is 14.4. The highest BCUT2D eigenvalue weighted by Gasteiger charge is 2.18. The number of aromatic hydroxyl groups is 1. The van der Waals surface area contributed by atoms with Gasteiger partial charge in [0, 0.05) is 11.6 Å². The van der Waals surface area contributed by atoms with Crippen LogP contribution in [0.4, 0.5) is 4.79 Å². The number of aliphatic hydroxyl groups excluding tert-OH is 1. The summed E-state index contributed by atoms with van der Waals surface area (Å²) < 4.78 is 0. The van der Waals surface area contributed by atoms with Crippen molar-refractivity contribution in [1.29, 1.82) is 0 Å². The van der Waals surface area contributed by atoms with Crippen LogP contribution in [0.1, 0.15) is 28.4 Å². The van der Waals surface area contributed by atoms with Crippen molar-refractivity contribution in [3.8, 4) is 5.75 Å². The highest BCUT2D eigenvalue weighted by atomic mass is 35.5. The smallest absolute Gasteiger partial charge is 0.407 e. The molecular formula is C24H24ClNO4. The van der Waals surface area contributed by atoms with Gasteiger partial charge in [0.2, 0.25) is 0 Å². The maximum absolute atomic E-state index is 11.6. The minimum atomic E-state index is -1.07. The summed E-state index contributed by atoms with van der Waals surface area (Å²) in [5.74, 6) is 0.248. The number of aliphatic hydroxyl groups is 1. The van der Waals surface area contributed by atoms with E-state index < -0.39 is 12.2 Å². The number of hydrogen-bond donors (Lipinski definition) is 3. The Morgan fingerprint density at radius 3 is 2.13 bits per heavy atom. The van der Waals surface area contributed by atoms with Crippen LogP contribution in [0, 0.1) is 0 Å². The maximum Gasteiger partial charge on any atom is 0.407 e. The van der Waals surface area contributed by atoms with Crippen LogP contribution in [0.5, 0.6) is 5.75 Å². The molecular weight excluding hydrogens is 402 g/mol. The van der Waals surface area contributed by atoms with E-state index in [4.69, 9.17) is 11.6 Å². The third kappa shape index (κ3) is 6.24. The Kier molecular flexibility index (Phi) is 7.33.